The SMILES string of the molecule is CCOC(=O)c1c(CC)nc2n(-c3c(C)cc(C)cc3C)c3ccccc3n12. The minimum Gasteiger partial charge on any atom is -0.461 e. The summed E-state index contributed by atoms with van der Waals surface area (Å²) in [4.78, 5) is 17.7. The molecule has 0 aliphatic rings. The van der Waals surface area contributed by atoms with Crippen LogP contribution in [0.2, 0.25) is 0 Å². The molecule has 0 aliphatic carbocycles. The number of hydrogen-bond donors (Lipinski definition) is 0. The van der Waals surface area contributed by atoms with Crippen LogP contribution in [0.3, 0.4) is 0 Å². The highest BCUT2D eigenvalue weighted by atomic mass is 16.5. The molecule has 0 N–H and O–H groups in total. The molecular formula is C23H25N3O2. The van der Waals surface area contributed by atoms with Gasteiger partial charge in [-0.2, -0.15) is 0 Å². The van der Waals surface area contributed by atoms with Crippen molar-refractivity contribution in [3.8, 4) is 5.69 Å². The van der Waals surface area contributed by atoms with Gasteiger partial charge in [-0.1, -0.05) is 36.8 Å². The number of benzene rings is 2. The summed E-state index contributed by atoms with van der Waals surface area (Å²) in [5.74, 6) is 0.420. The van der Waals surface area contributed by atoms with Gasteiger partial charge in [-0.3, -0.25) is 8.97 Å². The third kappa shape index (κ3) is 2.61. The third-order valence-corrected chi connectivity index (χ3v) is 5.16. The molecule has 0 unspecified atom stereocenters. The molecule has 144 valence electrons. The van der Waals surface area contributed by atoms with Crippen LogP contribution in [0.4, 0.5) is 0 Å². The van der Waals surface area contributed by atoms with E-state index in [1.807, 2.05) is 36.4 Å². The first-order valence-electron chi connectivity index (χ1n) is 9.74. The van der Waals surface area contributed by atoms with E-state index < -0.39 is 0 Å². The zero-order valence-corrected chi connectivity index (χ0v) is 17.0. The fraction of sp³-hybridized carbons (Fsp3) is 0.304. The summed E-state index contributed by atoms with van der Waals surface area (Å²) >= 11 is 0. The van der Waals surface area contributed by atoms with Crippen LogP contribution in [0.1, 0.15) is 46.7 Å². The Morgan fingerprint density at radius 1 is 1.04 bits per heavy atom. The minimum atomic E-state index is -0.327. The third-order valence-electron chi connectivity index (χ3n) is 5.16. The molecule has 2 heterocycles. The van der Waals surface area contributed by atoms with Crippen molar-refractivity contribution >= 4 is 22.8 Å². The summed E-state index contributed by atoms with van der Waals surface area (Å²) in [6, 6.07) is 12.5. The molecule has 0 spiro atoms. The molecule has 5 heteroatoms. The van der Waals surface area contributed by atoms with Gasteiger partial charge >= 0.3 is 5.97 Å². The van der Waals surface area contributed by atoms with Crippen molar-refractivity contribution in [3.05, 3.63) is 64.5 Å². The van der Waals surface area contributed by atoms with Gasteiger partial charge in [0.2, 0.25) is 5.78 Å². The van der Waals surface area contributed by atoms with Gasteiger partial charge in [0.15, 0.2) is 5.69 Å². The van der Waals surface area contributed by atoms with E-state index in [4.69, 9.17) is 9.72 Å². The van der Waals surface area contributed by atoms with Crippen molar-refractivity contribution in [2.45, 2.75) is 41.0 Å². The number of fused-ring (bicyclic) bond motifs is 3. The van der Waals surface area contributed by atoms with E-state index in [0.29, 0.717) is 18.7 Å². The Morgan fingerprint density at radius 3 is 2.29 bits per heavy atom. The average molecular weight is 375 g/mol. The summed E-state index contributed by atoms with van der Waals surface area (Å²) in [7, 11) is 0. The molecular weight excluding hydrogens is 350 g/mol. The normalized spacial score (nSPS) is 11.5. The molecule has 5 nitrogen and oxygen atoms in total. The van der Waals surface area contributed by atoms with E-state index in [9.17, 15) is 4.79 Å². The van der Waals surface area contributed by atoms with Gasteiger partial charge in [-0.05, 0) is 57.4 Å². The number of para-hydroxylation sites is 2. The van der Waals surface area contributed by atoms with Gasteiger partial charge in [0.05, 0.1) is 29.0 Å². The quantitative estimate of drug-likeness (QED) is 0.475. The average Bonchev–Trinajstić information content (AvgIpc) is 3.17. The Bertz CT molecular complexity index is 1190. The minimum absolute atomic E-state index is 0.327. The van der Waals surface area contributed by atoms with E-state index in [2.05, 4.69) is 43.5 Å². The van der Waals surface area contributed by atoms with Crippen molar-refractivity contribution < 1.29 is 9.53 Å². The van der Waals surface area contributed by atoms with Gasteiger partial charge in [-0.15, -0.1) is 0 Å². The molecule has 4 rings (SSSR count). The molecule has 0 atom stereocenters. The van der Waals surface area contributed by atoms with Gasteiger partial charge in [0, 0.05) is 0 Å². The molecule has 28 heavy (non-hydrogen) atoms. The maximum Gasteiger partial charge on any atom is 0.357 e. The van der Waals surface area contributed by atoms with Crippen LogP contribution < -0.4 is 0 Å². The number of hydrogen-bond acceptors (Lipinski definition) is 3. The molecule has 2 aromatic heterocycles. The fourth-order valence-electron chi connectivity index (χ4n) is 4.18. The number of ether oxygens (including phenoxy) is 1. The lowest BCUT2D eigenvalue weighted by atomic mass is 10.0. The summed E-state index contributed by atoms with van der Waals surface area (Å²) in [5.41, 5.74) is 7.96. The van der Waals surface area contributed by atoms with E-state index >= 15 is 0 Å². The van der Waals surface area contributed by atoms with E-state index in [0.717, 1.165) is 28.2 Å². The molecule has 4 aromatic rings. The number of carbonyl (C=O) groups excluding carboxylic acids is 1. The molecule has 0 bridgehead atoms. The van der Waals surface area contributed by atoms with Crippen molar-refractivity contribution in [3.63, 3.8) is 0 Å². The number of esters is 1. The molecule has 0 fully saturated rings. The molecule has 2 aromatic carbocycles. The van der Waals surface area contributed by atoms with Crippen LogP contribution in [-0.2, 0) is 11.2 Å². The summed E-state index contributed by atoms with van der Waals surface area (Å²) < 4.78 is 9.47. The highest BCUT2D eigenvalue weighted by molar-refractivity contribution is 5.94. The highest BCUT2D eigenvalue weighted by Crippen LogP contribution is 2.31. The van der Waals surface area contributed by atoms with Crippen LogP contribution >= 0.6 is 0 Å². The van der Waals surface area contributed by atoms with Gasteiger partial charge in [0.1, 0.15) is 0 Å². The summed E-state index contributed by atoms with van der Waals surface area (Å²) in [5, 5.41) is 0. The monoisotopic (exact) mass is 375 g/mol. The molecule has 0 radical (unpaired) electrons. The maximum absolute atomic E-state index is 12.8. The first-order chi connectivity index (χ1) is 13.5. The number of aryl methyl sites for hydroxylation is 4. The Hall–Kier alpha value is -3.08. The second-order valence-electron chi connectivity index (χ2n) is 7.19. The Balaban J connectivity index is 2.18. The van der Waals surface area contributed by atoms with Gasteiger partial charge in [0.25, 0.3) is 0 Å². The van der Waals surface area contributed by atoms with Crippen molar-refractivity contribution in [2.24, 2.45) is 0 Å². The molecule has 0 saturated carbocycles. The zero-order valence-electron chi connectivity index (χ0n) is 17.0. The lowest BCUT2D eigenvalue weighted by Gasteiger charge is -2.13. The first kappa shape index (κ1) is 18.3. The van der Waals surface area contributed by atoms with Crippen LogP contribution in [0.15, 0.2) is 36.4 Å². The summed E-state index contributed by atoms with van der Waals surface area (Å²) in [6.45, 7) is 10.5. The maximum atomic E-state index is 12.8. The van der Waals surface area contributed by atoms with E-state index in [1.54, 1.807) is 0 Å². The van der Waals surface area contributed by atoms with Crippen LogP contribution in [-0.4, -0.2) is 26.5 Å². The highest BCUT2D eigenvalue weighted by Gasteiger charge is 2.26. The van der Waals surface area contributed by atoms with Gasteiger partial charge in [-0.25, -0.2) is 9.78 Å². The lowest BCUT2D eigenvalue weighted by molar-refractivity contribution is 0.0517. The first-order valence-corrected chi connectivity index (χ1v) is 9.74. The van der Waals surface area contributed by atoms with E-state index in [-0.39, 0.29) is 5.97 Å². The zero-order chi connectivity index (χ0) is 20.0. The van der Waals surface area contributed by atoms with E-state index in [1.165, 1.54) is 16.7 Å². The molecule has 0 aliphatic heterocycles. The number of rotatable bonds is 4. The smallest absolute Gasteiger partial charge is 0.357 e. The predicted octanol–water partition coefficient (Wildman–Crippen LogP) is 4.94. The fourth-order valence-corrected chi connectivity index (χ4v) is 4.18. The van der Waals surface area contributed by atoms with Crippen LogP contribution in [0.25, 0.3) is 22.5 Å². The van der Waals surface area contributed by atoms with Crippen LogP contribution in [0.5, 0.6) is 0 Å². The standard InChI is InChI=1S/C23H25N3O2/c1-6-17-21(22(27)28-7-2)26-19-11-9-8-10-18(19)25(23(26)24-17)20-15(4)12-14(3)13-16(20)5/h8-13H,6-7H2,1-5H3. The van der Waals surface area contributed by atoms with Crippen molar-refractivity contribution in [2.75, 3.05) is 6.61 Å². The van der Waals surface area contributed by atoms with Crippen LogP contribution in [0, 0.1) is 20.8 Å². The van der Waals surface area contributed by atoms with Gasteiger partial charge < -0.3 is 4.74 Å². The Labute approximate surface area is 164 Å². The lowest BCUT2D eigenvalue weighted by Crippen LogP contribution is -2.10. The second-order valence-corrected chi connectivity index (χ2v) is 7.19. The predicted molar refractivity (Wildman–Crippen MR) is 112 cm³/mol. The Morgan fingerprint density at radius 2 is 1.68 bits per heavy atom. The number of imidazole rings is 2. The number of carbonyl (C=O) groups is 1. The molecule has 0 amide bonds. The Kier molecular flexibility index (Phi) is 4.46. The van der Waals surface area contributed by atoms with Crippen molar-refractivity contribution in [1.29, 1.82) is 0 Å². The number of nitrogens with zero attached hydrogens (tertiary/aromatic N) is 3. The largest absolute Gasteiger partial charge is 0.461 e. The number of aromatic nitrogens is 3. The topological polar surface area (TPSA) is 48.5 Å². The molecule has 0 saturated heterocycles. The van der Waals surface area contributed by atoms with Crippen molar-refractivity contribution in [1.82, 2.24) is 14.0 Å². The summed E-state index contributed by atoms with van der Waals surface area (Å²) in [6.07, 6.45) is 0.663. The second kappa shape index (κ2) is 6.82.